The first-order valence-electron chi connectivity index (χ1n) is 8.63. The van der Waals surface area contributed by atoms with Gasteiger partial charge in [-0.25, -0.2) is 4.79 Å². The van der Waals surface area contributed by atoms with Crippen molar-refractivity contribution in [3.8, 4) is 17.2 Å². The van der Waals surface area contributed by atoms with Gasteiger partial charge < -0.3 is 24.3 Å². The second-order valence-electron chi connectivity index (χ2n) is 5.86. The van der Waals surface area contributed by atoms with Crippen LogP contribution in [-0.2, 0) is 9.53 Å². The van der Waals surface area contributed by atoms with Crippen LogP contribution in [0.2, 0.25) is 0 Å². The third-order valence-electron chi connectivity index (χ3n) is 3.91. The summed E-state index contributed by atoms with van der Waals surface area (Å²) in [5, 5.41) is 2.56. The second-order valence-corrected chi connectivity index (χ2v) is 5.86. The molecule has 1 N–H and O–H groups in total. The van der Waals surface area contributed by atoms with Gasteiger partial charge in [0.05, 0.1) is 12.3 Å². The van der Waals surface area contributed by atoms with Crippen LogP contribution in [0.5, 0.6) is 17.2 Å². The van der Waals surface area contributed by atoms with E-state index in [2.05, 4.69) is 5.32 Å². The molecule has 0 saturated heterocycles. The predicted octanol–water partition coefficient (Wildman–Crippen LogP) is 2.81. The Balaban J connectivity index is 1.67. The summed E-state index contributed by atoms with van der Waals surface area (Å²) in [6.45, 7) is 3.08. The van der Waals surface area contributed by atoms with Gasteiger partial charge in [0, 0.05) is 11.6 Å². The zero-order chi connectivity index (χ0) is 20.1. The lowest BCUT2D eigenvalue weighted by Gasteiger charge is -2.12. The molecule has 0 bridgehead atoms. The van der Waals surface area contributed by atoms with E-state index < -0.39 is 18.5 Å². The first-order chi connectivity index (χ1) is 13.5. The monoisotopic (exact) mass is 385 g/mol. The maximum absolute atomic E-state index is 12.3. The maximum Gasteiger partial charge on any atom is 0.342 e. The maximum atomic E-state index is 12.3. The number of carbonyl (C=O) groups is 3. The number of hydrogen-bond donors (Lipinski definition) is 1. The Morgan fingerprint density at radius 2 is 1.79 bits per heavy atom. The van der Waals surface area contributed by atoms with E-state index in [1.165, 1.54) is 19.1 Å². The lowest BCUT2D eigenvalue weighted by atomic mass is 10.1. The topological polar surface area (TPSA) is 100 Å². The van der Waals surface area contributed by atoms with Crippen LogP contribution in [0.25, 0.3) is 0 Å². The van der Waals surface area contributed by atoms with Crippen LogP contribution in [0.1, 0.15) is 34.6 Å². The molecule has 2 aromatic carbocycles. The largest absolute Gasteiger partial charge is 0.493 e. The molecule has 0 fully saturated rings. The summed E-state index contributed by atoms with van der Waals surface area (Å²) in [6.07, 6.45) is 0. The van der Waals surface area contributed by atoms with Crippen LogP contribution in [0, 0.1) is 0 Å². The highest BCUT2D eigenvalue weighted by Gasteiger charge is 2.21. The summed E-state index contributed by atoms with van der Waals surface area (Å²) in [6, 6.07) is 9.61. The number of fused-ring (bicyclic) bond motifs is 1. The van der Waals surface area contributed by atoms with Gasteiger partial charge in [0.15, 0.2) is 23.9 Å². The van der Waals surface area contributed by atoms with E-state index in [0.717, 1.165) is 0 Å². The fourth-order valence-corrected chi connectivity index (χ4v) is 2.65. The smallest absolute Gasteiger partial charge is 0.342 e. The number of ketones is 1. The minimum absolute atomic E-state index is 0.0426. The van der Waals surface area contributed by atoms with Crippen molar-refractivity contribution in [3.63, 3.8) is 0 Å². The van der Waals surface area contributed by atoms with Gasteiger partial charge in [-0.05, 0) is 32.0 Å². The van der Waals surface area contributed by atoms with Gasteiger partial charge in [0.1, 0.15) is 11.3 Å². The number of para-hydroxylation sites is 1. The zero-order valence-electron chi connectivity index (χ0n) is 15.4. The highest BCUT2D eigenvalue weighted by atomic mass is 16.7. The number of hydrogen-bond acceptors (Lipinski definition) is 7. The van der Waals surface area contributed by atoms with Crippen LogP contribution >= 0.6 is 0 Å². The Kier molecular flexibility index (Phi) is 5.78. The molecule has 3 rings (SSSR count). The van der Waals surface area contributed by atoms with Crippen molar-refractivity contribution in [2.24, 2.45) is 0 Å². The molecule has 1 aliphatic heterocycles. The molecule has 8 nitrogen and oxygen atoms in total. The van der Waals surface area contributed by atoms with Crippen molar-refractivity contribution >= 4 is 23.3 Å². The minimum atomic E-state index is -0.684. The molecular weight excluding hydrogens is 366 g/mol. The highest BCUT2D eigenvalue weighted by molar-refractivity contribution is 6.05. The molecule has 146 valence electrons. The third kappa shape index (κ3) is 4.22. The molecule has 0 radical (unpaired) electrons. The van der Waals surface area contributed by atoms with Crippen molar-refractivity contribution in [3.05, 3.63) is 47.5 Å². The SMILES string of the molecule is CCOc1ccccc1C(=O)OCC(=O)Nc1cc2c(cc1C(C)=O)OCO2. The standard InChI is InChI=1S/C20H19NO7/c1-3-25-16-7-5-4-6-13(16)20(24)26-10-19(23)21-15-9-18-17(27-11-28-18)8-14(15)12(2)22/h4-9H,3,10-11H2,1-2H3,(H,21,23). The molecule has 0 aliphatic carbocycles. The van der Waals surface area contributed by atoms with Crippen molar-refractivity contribution in [2.45, 2.75) is 13.8 Å². The molecule has 0 atom stereocenters. The van der Waals surface area contributed by atoms with Gasteiger partial charge in [-0.3, -0.25) is 9.59 Å². The minimum Gasteiger partial charge on any atom is -0.493 e. The van der Waals surface area contributed by atoms with E-state index in [-0.39, 0.29) is 29.4 Å². The van der Waals surface area contributed by atoms with Crippen molar-refractivity contribution in [1.82, 2.24) is 0 Å². The number of rotatable bonds is 7. The number of nitrogens with one attached hydrogen (secondary N) is 1. The summed E-state index contributed by atoms with van der Waals surface area (Å²) in [5.41, 5.74) is 0.753. The molecule has 0 aromatic heterocycles. The second kappa shape index (κ2) is 8.43. The molecule has 8 heteroatoms. The van der Waals surface area contributed by atoms with E-state index >= 15 is 0 Å². The molecule has 0 spiro atoms. The fraction of sp³-hybridized carbons (Fsp3) is 0.250. The average Bonchev–Trinajstić information content (AvgIpc) is 3.13. The van der Waals surface area contributed by atoms with Gasteiger partial charge in [0.2, 0.25) is 6.79 Å². The lowest BCUT2D eigenvalue weighted by Crippen LogP contribution is -2.22. The van der Waals surface area contributed by atoms with Crippen LogP contribution in [0.4, 0.5) is 5.69 Å². The Labute approximate surface area is 161 Å². The van der Waals surface area contributed by atoms with Gasteiger partial charge in [-0.1, -0.05) is 12.1 Å². The third-order valence-corrected chi connectivity index (χ3v) is 3.91. The Hall–Kier alpha value is -3.55. The first-order valence-corrected chi connectivity index (χ1v) is 8.63. The average molecular weight is 385 g/mol. The van der Waals surface area contributed by atoms with Gasteiger partial charge in [-0.15, -0.1) is 0 Å². The fourth-order valence-electron chi connectivity index (χ4n) is 2.65. The molecule has 1 heterocycles. The molecule has 1 aliphatic rings. The van der Waals surface area contributed by atoms with E-state index in [9.17, 15) is 14.4 Å². The number of anilines is 1. The number of carbonyl (C=O) groups excluding carboxylic acids is 3. The van der Waals surface area contributed by atoms with E-state index in [1.54, 1.807) is 31.2 Å². The molecular formula is C20H19NO7. The molecule has 0 saturated carbocycles. The summed E-state index contributed by atoms with van der Waals surface area (Å²) in [4.78, 5) is 36.3. The number of amides is 1. The number of ether oxygens (including phenoxy) is 4. The normalized spacial score (nSPS) is 11.6. The molecule has 0 unspecified atom stereocenters. The van der Waals surface area contributed by atoms with Crippen LogP contribution in [0.3, 0.4) is 0 Å². The molecule has 1 amide bonds. The van der Waals surface area contributed by atoms with Gasteiger partial charge in [-0.2, -0.15) is 0 Å². The Morgan fingerprint density at radius 1 is 1.07 bits per heavy atom. The first kappa shape index (κ1) is 19.2. The molecule has 2 aromatic rings. The Bertz CT molecular complexity index is 923. The van der Waals surface area contributed by atoms with Crippen LogP contribution in [0.15, 0.2) is 36.4 Å². The lowest BCUT2D eigenvalue weighted by molar-refractivity contribution is -0.119. The zero-order valence-corrected chi connectivity index (χ0v) is 15.4. The highest BCUT2D eigenvalue weighted by Crippen LogP contribution is 2.37. The van der Waals surface area contributed by atoms with Crippen molar-refractivity contribution in [1.29, 1.82) is 0 Å². The molecule has 28 heavy (non-hydrogen) atoms. The van der Waals surface area contributed by atoms with Gasteiger partial charge in [0.25, 0.3) is 5.91 Å². The summed E-state index contributed by atoms with van der Waals surface area (Å²) in [7, 11) is 0. The van der Waals surface area contributed by atoms with E-state index in [4.69, 9.17) is 18.9 Å². The van der Waals surface area contributed by atoms with E-state index in [0.29, 0.717) is 23.9 Å². The quantitative estimate of drug-likeness (QED) is 0.578. The number of esters is 1. The van der Waals surface area contributed by atoms with E-state index in [1.807, 2.05) is 0 Å². The summed E-state index contributed by atoms with van der Waals surface area (Å²) in [5.74, 6) is -0.299. The Morgan fingerprint density at radius 3 is 2.50 bits per heavy atom. The van der Waals surface area contributed by atoms with Crippen molar-refractivity contribution in [2.75, 3.05) is 25.3 Å². The van der Waals surface area contributed by atoms with Crippen LogP contribution in [-0.4, -0.2) is 37.7 Å². The van der Waals surface area contributed by atoms with Gasteiger partial charge >= 0.3 is 5.97 Å². The predicted molar refractivity (Wildman–Crippen MR) is 99.1 cm³/mol. The number of Topliss-reactive ketones (excluding diaryl/α,β-unsaturated/α-hetero) is 1. The summed E-state index contributed by atoms with van der Waals surface area (Å²) < 4.78 is 21.0. The van der Waals surface area contributed by atoms with Crippen LogP contribution < -0.4 is 19.5 Å². The summed E-state index contributed by atoms with van der Waals surface area (Å²) >= 11 is 0. The number of benzene rings is 2. The van der Waals surface area contributed by atoms with Crippen molar-refractivity contribution < 1.29 is 33.3 Å².